The molecule has 3 amide bonds. The highest BCUT2D eigenvalue weighted by atomic mass is 79.9. The lowest BCUT2D eigenvalue weighted by molar-refractivity contribution is -0.160. The maximum atomic E-state index is 15.3. The molecular weight excluding hydrogens is 648 g/mol. The lowest BCUT2D eigenvalue weighted by Gasteiger charge is -2.38. The van der Waals surface area contributed by atoms with Gasteiger partial charge in [0.15, 0.2) is 0 Å². The Morgan fingerprint density at radius 2 is 1.76 bits per heavy atom. The molecule has 1 aromatic heterocycles. The minimum atomic E-state index is -3.42. The van der Waals surface area contributed by atoms with Gasteiger partial charge >= 0.3 is 5.92 Å². The van der Waals surface area contributed by atoms with Gasteiger partial charge in [-0.1, -0.05) is 34.1 Å². The maximum Gasteiger partial charge on any atom is 0.325 e. The fourth-order valence-corrected chi connectivity index (χ4v) is 7.34. The molecule has 45 heavy (non-hydrogen) atoms. The summed E-state index contributed by atoms with van der Waals surface area (Å²) in [6.45, 7) is 3.16. The summed E-state index contributed by atoms with van der Waals surface area (Å²) >= 11 is 3.52. The number of hydrogen-bond donors (Lipinski definition) is 1. The van der Waals surface area contributed by atoms with Gasteiger partial charge in [-0.25, -0.2) is 0 Å². The Kier molecular flexibility index (Phi) is 8.87. The number of imide groups is 1. The van der Waals surface area contributed by atoms with E-state index in [1.54, 1.807) is 4.68 Å². The van der Waals surface area contributed by atoms with Crippen LogP contribution in [-0.2, 0) is 21.4 Å². The first kappa shape index (κ1) is 31.4. The highest BCUT2D eigenvalue weighted by Crippen LogP contribution is 2.38. The predicted octanol–water partition coefficient (Wildman–Crippen LogP) is 5.48. The molecule has 3 aliphatic rings. The summed E-state index contributed by atoms with van der Waals surface area (Å²) in [7, 11) is 1.81. The van der Waals surface area contributed by atoms with Crippen molar-refractivity contribution in [2.75, 3.05) is 31.1 Å². The van der Waals surface area contributed by atoms with E-state index in [1.807, 2.05) is 50.4 Å². The molecule has 0 radical (unpaired) electrons. The normalized spacial score (nSPS) is 22.9. The summed E-state index contributed by atoms with van der Waals surface area (Å²) in [6, 6.07) is 11.5. The molecule has 3 heterocycles. The molecule has 9 nitrogen and oxygen atoms in total. The molecule has 3 aromatic rings. The number of nitrogens with zero attached hydrogens (tertiary/aromatic N) is 4. The first-order valence-corrected chi connectivity index (χ1v) is 16.4. The van der Waals surface area contributed by atoms with Gasteiger partial charge in [-0.15, -0.1) is 0 Å². The second-order valence-corrected chi connectivity index (χ2v) is 13.4. The summed E-state index contributed by atoms with van der Waals surface area (Å²) in [6.07, 6.45) is 2.78. The fourth-order valence-electron chi connectivity index (χ4n) is 6.99. The number of nitrogens with one attached hydrogen (secondary N) is 1. The van der Waals surface area contributed by atoms with Crippen molar-refractivity contribution in [1.82, 2.24) is 20.0 Å². The van der Waals surface area contributed by atoms with Gasteiger partial charge in [0.25, 0.3) is 5.91 Å². The largest absolute Gasteiger partial charge is 0.490 e. The van der Waals surface area contributed by atoms with E-state index in [1.165, 1.54) is 4.90 Å². The molecule has 240 valence electrons. The number of aromatic nitrogens is 2. The summed E-state index contributed by atoms with van der Waals surface area (Å²) in [5.41, 5.74) is 3.34. The second kappa shape index (κ2) is 12.7. The number of fused-ring (bicyclic) bond motifs is 1. The summed E-state index contributed by atoms with van der Waals surface area (Å²) in [5.74, 6) is -5.07. The third-order valence-electron chi connectivity index (χ3n) is 9.51. The van der Waals surface area contributed by atoms with Crippen molar-refractivity contribution in [2.24, 2.45) is 13.0 Å². The van der Waals surface area contributed by atoms with Crippen LogP contribution in [0.15, 0.2) is 40.9 Å². The number of benzene rings is 2. The number of piperazine rings is 1. The quantitative estimate of drug-likeness (QED) is 0.331. The summed E-state index contributed by atoms with van der Waals surface area (Å²) in [4.78, 5) is 40.6. The minimum Gasteiger partial charge on any atom is -0.490 e. The standard InChI is InChI=1S/C33H38BrF2N5O4/c1-20-25(34)6-4-8-27(20)45-22-11-9-21(10-12-22)19-33(35,36)32(44)41-17-15-40(16-18-41)26-7-3-5-23-29(38-39(2)30(23)26)24-13-14-28(42)37-31(24)43/h3-8,21-22,24H,9-19H2,1-2H3,(H,37,42,43)/t21-,22-,24?. The van der Waals surface area contributed by atoms with E-state index >= 15 is 8.78 Å². The average Bonchev–Trinajstić information content (AvgIpc) is 3.36. The minimum absolute atomic E-state index is 0.0179. The number of hydrogen-bond acceptors (Lipinski definition) is 6. The highest BCUT2D eigenvalue weighted by molar-refractivity contribution is 9.10. The van der Waals surface area contributed by atoms with Crippen LogP contribution in [0.3, 0.4) is 0 Å². The topological polar surface area (TPSA) is 96.8 Å². The van der Waals surface area contributed by atoms with Crippen LogP contribution in [-0.4, -0.2) is 70.6 Å². The van der Waals surface area contributed by atoms with Gasteiger partial charge in [0, 0.05) is 61.5 Å². The molecule has 2 saturated heterocycles. The Bertz CT molecular complexity index is 1610. The maximum absolute atomic E-state index is 15.3. The fraction of sp³-hybridized carbons (Fsp3) is 0.515. The molecule has 1 unspecified atom stereocenters. The molecule has 2 aromatic carbocycles. The number of halogens is 3. The number of ether oxygens (including phenoxy) is 1. The first-order chi connectivity index (χ1) is 21.5. The molecular formula is C33H38BrF2N5O4. The van der Waals surface area contributed by atoms with Crippen molar-refractivity contribution < 1.29 is 27.9 Å². The number of alkyl halides is 2. The van der Waals surface area contributed by atoms with Gasteiger partial charge in [-0.3, -0.25) is 24.4 Å². The number of carbonyl (C=O) groups is 3. The third-order valence-corrected chi connectivity index (χ3v) is 10.4. The molecule has 1 N–H and O–H groups in total. The first-order valence-electron chi connectivity index (χ1n) is 15.6. The Labute approximate surface area is 269 Å². The lowest BCUT2D eigenvalue weighted by atomic mass is 9.83. The predicted molar refractivity (Wildman–Crippen MR) is 169 cm³/mol. The van der Waals surface area contributed by atoms with E-state index in [0.717, 1.165) is 32.4 Å². The van der Waals surface area contributed by atoms with Crippen LogP contribution < -0.4 is 15.0 Å². The summed E-state index contributed by atoms with van der Waals surface area (Å²) < 4.78 is 39.6. The van der Waals surface area contributed by atoms with Crippen molar-refractivity contribution in [3.63, 3.8) is 0 Å². The molecule has 3 fully saturated rings. The summed E-state index contributed by atoms with van der Waals surface area (Å²) in [5, 5.41) is 7.88. The van der Waals surface area contributed by atoms with Crippen molar-refractivity contribution in [3.05, 3.63) is 52.1 Å². The molecule has 2 aliphatic heterocycles. The van der Waals surface area contributed by atoms with E-state index < -0.39 is 24.2 Å². The van der Waals surface area contributed by atoms with Crippen LogP contribution in [0.25, 0.3) is 10.9 Å². The van der Waals surface area contributed by atoms with Crippen LogP contribution >= 0.6 is 15.9 Å². The van der Waals surface area contributed by atoms with Gasteiger partial charge in [0.2, 0.25) is 11.8 Å². The number of carbonyl (C=O) groups excluding carboxylic acids is 3. The average molecular weight is 687 g/mol. The molecule has 1 saturated carbocycles. The zero-order valence-corrected chi connectivity index (χ0v) is 27.1. The van der Waals surface area contributed by atoms with Gasteiger partial charge in [0.05, 0.1) is 28.9 Å². The van der Waals surface area contributed by atoms with Gasteiger partial charge < -0.3 is 14.5 Å². The Morgan fingerprint density at radius 1 is 1.04 bits per heavy atom. The molecule has 1 aliphatic carbocycles. The van der Waals surface area contributed by atoms with Crippen molar-refractivity contribution in [1.29, 1.82) is 0 Å². The number of amides is 3. The third kappa shape index (κ3) is 6.43. The number of para-hydroxylation sites is 1. The molecule has 1 atom stereocenters. The number of rotatable bonds is 7. The Morgan fingerprint density at radius 3 is 2.47 bits per heavy atom. The second-order valence-electron chi connectivity index (χ2n) is 12.5. The van der Waals surface area contributed by atoms with Crippen molar-refractivity contribution in [3.8, 4) is 5.75 Å². The van der Waals surface area contributed by atoms with Crippen LogP contribution in [0.1, 0.15) is 62.1 Å². The van der Waals surface area contributed by atoms with Crippen LogP contribution in [0.5, 0.6) is 5.75 Å². The number of anilines is 1. The van der Waals surface area contributed by atoms with E-state index in [-0.39, 0.29) is 43.3 Å². The lowest BCUT2D eigenvalue weighted by Crippen LogP contribution is -2.53. The van der Waals surface area contributed by atoms with Crippen LogP contribution in [0.2, 0.25) is 0 Å². The van der Waals surface area contributed by atoms with E-state index in [4.69, 9.17) is 4.74 Å². The SMILES string of the molecule is Cc1c(Br)cccc1O[C@H]1CC[C@H](CC(F)(F)C(=O)N2CCN(c3cccc4c(C5CCC(=O)NC5=O)nn(C)c34)CC2)CC1. The Hall–Kier alpha value is -3.54. The van der Waals surface area contributed by atoms with Gasteiger partial charge in [-0.05, 0) is 63.1 Å². The van der Waals surface area contributed by atoms with Gasteiger partial charge in [0.1, 0.15) is 5.75 Å². The van der Waals surface area contributed by atoms with Crippen LogP contribution in [0.4, 0.5) is 14.5 Å². The van der Waals surface area contributed by atoms with Crippen molar-refractivity contribution >= 4 is 50.2 Å². The van der Waals surface area contributed by atoms with E-state index in [9.17, 15) is 14.4 Å². The number of piperidine rings is 1. The number of aryl methyl sites for hydroxylation is 1. The highest BCUT2D eigenvalue weighted by Gasteiger charge is 2.45. The van der Waals surface area contributed by atoms with Crippen LogP contribution in [0, 0.1) is 12.8 Å². The zero-order chi connectivity index (χ0) is 31.9. The molecule has 0 bridgehead atoms. The molecule has 12 heteroatoms. The smallest absolute Gasteiger partial charge is 0.325 e. The molecule has 6 rings (SSSR count). The van der Waals surface area contributed by atoms with Gasteiger partial charge in [-0.2, -0.15) is 13.9 Å². The zero-order valence-electron chi connectivity index (χ0n) is 25.5. The monoisotopic (exact) mass is 685 g/mol. The molecule has 0 spiro atoms. The van der Waals surface area contributed by atoms with E-state index in [0.29, 0.717) is 50.9 Å². The van der Waals surface area contributed by atoms with E-state index in [2.05, 4.69) is 31.2 Å². The van der Waals surface area contributed by atoms with Crippen molar-refractivity contribution in [2.45, 2.75) is 69.8 Å². The Balaban J connectivity index is 1.05.